The fourth-order valence-electron chi connectivity index (χ4n) is 3.56. The van der Waals surface area contributed by atoms with Gasteiger partial charge in [-0.2, -0.15) is 0 Å². The number of rotatable bonds is 3. The molecule has 1 aliphatic heterocycles. The van der Waals surface area contributed by atoms with Crippen molar-refractivity contribution >= 4 is 44.2 Å². The number of nitrogens with zero attached hydrogens (tertiary/aromatic N) is 2. The quantitative estimate of drug-likeness (QED) is 0.600. The van der Waals surface area contributed by atoms with Gasteiger partial charge < -0.3 is 10.2 Å². The Morgan fingerprint density at radius 2 is 2.00 bits per heavy atom. The van der Waals surface area contributed by atoms with E-state index in [1.165, 1.54) is 0 Å². The summed E-state index contributed by atoms with van der Waals surface area (Å²) in [6.07, 6.45) is 2.16. The third-order valence-corrected chi connectivity index (χ3v) is 5.39. The second-order valence-electron chi connectivity index (χ2n) is 6.79. The SMILES string of the molecule is Cc1c(N2CCCC2)nc2ccc(Br)cc2c1C(=O)Nc1[c]cc(F)cc1F. The molecule has 4 nitrogen and oxygen atoms in total. The zero-order valence-electron chi connectivity index (χ0n) is 15.2. The number of carbonyl (C=O) groups excluding carboxylic acids is 1. The topological polar surface area (TPSA) is 45.2 Å². The zero-order valence-corrected chi connectivity index (χ0v) is 16.7. The van der Waals surface area contributed by atoms with Crippen molar-refractivity contribution < 1.29 is 13.6 Å². The maximum absolute atomic E-state index is 14.0. The molecule has 0 aliphatic carbocycles. The molecule has 0 saturated carbocycles. The minimum absolute atomic E-state index is 0.187. The number of pyridine rings is 1. The molecule has 1 amide bonds. The van der Waals surface area contributed by atoms with E-state index in [9.17, 15) is 13.6 Å². The molecule has 7 heteroatoms. The highest BCUT2D eigenvalue weighted by molar-refractivity contribution is 9.10. The van der Waals surface area contributed by atoms with Gasteiger partial charge in [0.05, 0.1) is 16.8 Å². The van der Waals surface area contributed by atoms with E-state index in [1.807, 2.05) is 25.1 Å². The molecule has 2 aromatic carbocycles. The lowest BCUT2D eigenvalue weighted by molar-refractivity contribution is 0.102. The van der Waals surface area contributed by atoms with Crippen molar-refractivity contribution in [1.29, 1.82) is 0 Å². The van der Waals surface area contributed by atoms with Crippen molar-refractivity contribution in [3.05, 3.63) is 63.6 Å². The van der Waals surface area contributed by atoms with Crippen molar-refractivity contribution in [1.82, 2.24) is 4.98 Å². The summed E-state index contributed by atoms with van der Waals surface area (Å²) in [4.78, 5) is 20.0. The second kappa shape index (κ2) is 7.47. The predicted octanol–water partition coefficient (Wildman–Crippen LogP) is 5.24. The molecular weight excluding hydrogens is 428 g/mol. The largest absolute Gasteiger partial charge is 0.356 e. The summed E-state index contributed by atoms with van der Waals surface area (Å²) in [5, 5.41) is 3.19. The summed E-state index contributed by atoms with van der Waals surface area (Å²) in [5.74, 6) is -1.34. The highest BCUT2D eigenvalue weighted by Gasteiger charge is 2.24. The van der Waals surface area contributed by atoms with E-state index in [2.05, 4.69) is 32.2 Å². The van der Waals surface area contributed by atoms with Crippen LogP contribution < -0.4 is 10.2 Å². The maximum Gasteiger partial charge on any atom is 0.256 e. The van der Waals surface area contributed by atoms with E-state index in [0.717, 1.165) is 53.9 Å². The lowest BCUT2D eigenvalue weighted by Gasteiger charge is -2.22. The molecule has 1 saturated heterocycles. The summed E-state index contributed by atoms with van der Waals surface area (Å²) < 4.78 is 28.0. The zero-order chi connectivity index (χ0) is 19.8. The van der Waals surface area contributed by atoms with Crippen LogP contribution in [-0.2, 0) is 0 Å². The van der Waals surface area contributed by atoms with Crippen LogP contribution in [0.25, 0.3) is 10.9 Å². The average Bonchev–Trinajstić information content (AvgIpc) is 3.18. The van der Waals surface area contributed by atoms with Gasteiger partial charge in [-0.3, -0.25) is 4.79 Å². The minimum Gasteiger partial charge on any atom is -0.356 e. The van der Waals surface area contributed by atoms with Gasteiger partial charge in [-0.05, 0) is 44.0 Å². The first-order valence-electron chi connectivity index (χ1n) is 8.97. The minimum atomic E-state index is -0.870. The van der Waals surface area contributed by atoms with Gasteiger partial charge in [-0.15, -0.1) is 0 Å². The molecule has 0 unspecified atom stereocenters. The van der Waals surface area contributed by atoms with Crippen LogP contribution in [0.5, 0.6) is 0 Å². The van der Waals surface area contributed by atoms with Gasteiger partial charge in [0.15, 0.2) is 0 Å². The number of fused-ring (bicyclic) bond motifs is 1. The van der Waals surface area contributed by atoms with Crippen molar-refractivity contribution in [3.8, 4) is 0 Å². The van der Waals surface area contributed by atoms with Gasteiger partial charge >= 0.3 is 0 Å². The summed E-state index contributed by atoms with van der Waals surface area (Å²) in [6, 6.07) is 9.68. The van der Waals surface area contributed by atoms with Crippen LogP contribution in [0.3, 0.4) is 0 Å². The van der Waals surface area contributed by atoms with E-state index in [4.69, 9.17) is 4.98 Å². The number of benzene rings is 2. The Labute approximate surface area is 169 Å². The Hall–Kier alpha value is -2.54. The molecule has 1 aromatic heterocycles. The van der Waals surface area contributed by atoms with E-state index in [-0.39, 0.29) is 5.69 Å². The highest BCUT2D eigenvalue weighted by Crippen LogP contribution is 2.32. The number of anilines is 2. The van der Waals surface area contributed by atoms with Crippen LogP contribution in [0.4, 0.5) is 20.3 Å². The van der Waals surface area contributed by atoms with E-state index in [1.54, 1.807) is 0 Å². The van der Waals surface area contributed by atoms with Crippen LogP contribution >= 0.6 is 15.9 Å². The second-order valence-corrected chi connectivity index (χ2v) is 7.70. The number of carbonyl (C=O) groups is 1. The molecule has 4 rings (SSSR count). The molecule has 0 bridgehead atoms. The normalized spacial score (nSPS) is 13.9. The summed E-state index contributed by atoms with van der Waals surface area (Å²) in [6.45, 7) is 3.62. The van der Waals surface area contributed by atoms with Crippen LogP contribution in [0.15, 0.2) is 34.8 Å². The molecule has 1 N–H and O–H groups in total. The predicted molar refractivity (Wildman–Crippen MR) is 109 cm³/mol. The molecule has 1 aliphatic rings. The molecule has 3 aromatic rings. The Balaban J connectivity index is 1.84. The average molecular weight is 445 g/mol. The Morgan fingerprint density at radius 1 is 1.25 bits per heavy atom. The van der Waals surface area contributed by atoms with Gasteiger partial charge in [0.1, 0.15) is 17.5 Å². The summed E-state index contributed by atoms with van der Waals surface area (Å²) in [7, 11) is 0. The molecule has 1 fully saturated rings. The number of hydrogen-bond donors (Lipinski definition) is 1. The van der Waals surface area contributed by atoms with E-state index < -0.39 is 17.5 Å². The number of nitrogens with one attached hydrogen (secondary N) is 1. The fourth-order valence-corrected chi connectivity index (χ4v) is 3.93. The molecular formula is C21H17BrF2N3O. The lowest BCUT2D eigenvalue weighted by Crippen LogP contribution is -2.23. The van der Waals surface area contributed by atoms with E-state index in [0.29, 0.717) is 16.5 Å². The Morgan fingerprint density at radius 3 is 2.71 bits per heavy atom. The molecule has 28 heavy (non-hydrogen) atoms. The smallest absolute Gasteiger partial charge is 0.256 e. The highest BCUT2D eigenvalue weighted by atomic mass is 79.9. The van der Waals surface area contributed by atoms with Crippen molar-refractivity contribution in [2.45, 2.75) is 19.8 Å². The number of amides is 1. The molecule has 143 valence electrons. The molecule has 0 atom stereocenters. The summed E-state index contributed by atoms with van der Waals surface area (Å²) >= 11 is 3.43. The van der Waals surface area contributed by atoms with Crippen molar-refractivity contribution in [2.75, 3.05) is 23.3 Å². The van der Waals surface area contributed by atoms with Crippen molar-refractivity contribution in [3.63, 3.8) is 0 Å². The first-order chi connectivity index (χ1) is 13.4. The van der Waals surface area contributed by atoms with Crippen LogP contribution in [0, 0.1) is 24.6 Å². The first-order valence-corrected chi connectivity index (χ1v) is 9.76. The summed E-state index contributed by atoms with van der Waals surface area (Å²) in [5.41, 5.74) is 1.65. The van der Waals surface area contributed by atoms with Gasteiger partial charge in [-0.25, -0.2) is 13.8 Å². The van der Waals surface area contributed by atoms with Gasteiger partial charge in [0.2, 0.25) is 0 Å². The number of hydrogen-bond acceptors (Lipinski definition) is 3. The van der Waals surface area contributed by atoms with Crippen LogP contribution in [0.1, 0.15) is 28.8 Å². The first kappa shape index (κ1) is 18.8. The third-order valence-electron chi connectivity index (χ3n) is 4.89. The maximum atomic E-state index is 14.0. The van der Waals surface area contributed by atoms with Crippen LogP contribution in [-0.4, -0.2) is 24.0 Å². The Kier molecular flexibility index (Phi) is 5.02. The third kappa shape index (κ3) is 3.46. The standard InChI is InChI=1S/C21H17BrF2N3O/c1-12-19(21(28)26-18-7-5-14(23)11-16(18)24)15-10-13(22)4-6-17(15)25-20(12)27-8-2-3-9-27/h4-6,10-11H,2-3,8-9H2,1H3,(H,26,28). The monoisotopic (exact) mass is 444 g/mol. The Bertz CT molecular complexity index is 1080. The van der Waals surface area contributed by atoms with Crippen molar-refractivity contribution in [2.24, 2.45) is 0 Å². The number of halogens is 3. The van der Waals surface area contributed by atoms with Gasteiger partial charge in [0.25, 0.3) is 5.91 Å². The lowest BCUT2D eigenvalue weighted by atomic mass is 10.0. The van der Waals surface area contributed by atoms with Gasteiger partial charge in [0, 0.05) is 40.6 Å². The fraction of sp³-hybridized carbons (Fsp3) is 0.238. The van der Waals surface area contributed by atoms with E-state index >= 15 is 0 Å². The number of aromatic nitrogens is 1. The molecule has 0 spiro atoms. The van der Waals surface area contributed by atoms with Crippen LogP contribution in [0.2, 0.25) is 0 Å². The molecule has 1 radical (unpaired) electrons. The van der Waals surface area contributed by atoms with Gasteiger partial charge in [-0.1, -0.05) is 15.9 Å². The molecule has 2 heterocycles.